The van der Waals surface area contributed by atoms with E-state index in [1.807, 2.05) is 0 Å². The van der Waals surface area contributed by atoms with Crippen LogP contribution in [0.3, 0.4) is 0 Å². The van der Waals surface area contributed by atoms with E-state index in [0.29, 0.717) is 0 Å². The van der Waals surface area contributed by atoms with Gasteiger partial charge >= 0.3 is 0 Å². The van der Waals surface area contributed by atoms with Gasteiger partial charge in [0.25, 0.3) is 5.92 Å². The number of rotatable bonds is 2. The second-order valence-corrected chi connectivity index (χ2v) is 3.36. The van der Waals surface area contributed by atoms with Gasteiger partial charge in [0.1, 0.15) is 0 Å². The molecular formula is C9H10ClF2N. The van der Waals surface area contributed by atoms with E-state index >= 15 is 0 Å². The molecular weight excluding hydrogens is 196 g/mol. The van der Waals surface area contributed by atoms with Crippen molar-refractivity contribution in [3.8, 4) is 0 Å². The van der Waals surface area contributed by atoms with Crippen molar-refractivity contribution >= 4 is 11.6 Å². The Balaban J connectivity index is 3.07. The summed E-state index contributed by atoms with van der Waals surface area (Å²) in [5.74, 6) is -3.02. The molecule has 4 heteroatoms. The lowest BCUT2D eigenvalue weighted by atomic mass is 10.0. The van der Waals surface area contributed by atoms with Crippen molar-refractivity contribution in [2.45, 2.75) is 18.9 Å². The van der Waals surface area contributed by atoms with Gasteiger partial charge in [-0.2, -0.15) is 8.78 Å². The average molecular weight is 206 g/mol. The monoisotopic (exact) mass is 205 g/mol. The molecule has 1 aromatic carbocycles. The molecule has 0 saturated carbocycles. The van der Waals surface area contributed by atoms with Crippen LogP contribution in [-0.4, -0.2) is 6.04 Å². The molecule has 1 rings (SSSR count). The quantitative estimate of drug-likeness (QED) is 0.790. The van der Waals surface area contributed by atoms with Gasteiger partial charge in [0.05, 0.1) is 6.04 Å². The third kappa shape index (κ3) is 2.17. The summed E-state index contributed by atoms with van der Waals surface area (Å²) < 4.78 is 26.5. The Morgan fingerprint density at radius 1 is 1.46 bits per heavy atom. The zero-order valence-electron chi connectivity index (χ0n) is 7.10. The third-order valence-electron chi connectivity index (χ3n) is 1.78. The van der Waals surface area contributed by atoms with Gasteiger partial charge in [0.2, 0.25) is 0 Å². The standard InChI is InChI=1S/C9H10ClF2N/c1-6(13)9(11,12)7-3-2-4-8(10)5-7/h2-6H,13H2,1H3. The van der Waals surface area contributed by atoms with E-state index in [1.165, 1.54) is 25.1 Å². The number of benzene rings is 1. The number of halogens is 3. The summed E-state index contributed by atoms with van der Waals surface area (Å²) in [6, 6.07) is 4.35. The Hall–Kier alpha value is -0.670. The zero-order chi connectivity index (χ0) is 10.1. The summed E-state index contributed by atoms with van der Waals surface area (Å²) in [7, 11) is 0. The molecule has 1 unspecified atom stereocenters. The second-order valence-electron chi connectivity index (χ2n) is 2.92. The van der Waals surface area contributed by atoms with E-state index in [0.717, 1.165) is 0 Å². The topological polar surface area (TPSA) is 26.0 Å². The number of alkyl halides is 2. The van der Waals surface area contributed by atoms with Crippen molar-refractivity contribution in [2.75, 3.05) is 0 Å². The van der Waals surface area contributed by atoms with Crippen LogP contribution in [0, 0.1) is 0 Å². The maximum Gasteiger partial charge on any atom is 0.287 e. The van der Waals surface area contributed by atoms with Crippen LogP contribution in [0.5, 0.6) is 0 Å². The zero-order valence-corrected chi connectivity index (χ0v) is 7.85. The van der Waals surface area contributed by atoms with Crippen molar-refractivity contribution in [3.05, 3.63) is 34.9 Å². The molecule has 0 amide bonds. The minimum atomic E-state index is -3.02. The van der Waals surface area contributed by atoms with Crippen LogP contribution in [0.1, 0.15) is 12.5 Å². The first-order valence-electron chi connectivity index (χ1n) is 3.84. The molecule has 0 spiro atoms. The lowest BCUT2D eigenvalue weighted by Crippen LogP contribution is -2.35. The fraction of sp³-hybridized carbons (Fsp3) is 0.333. The molecule has 72 valence electrons. The smallest absolute Gasteiger partial charge is 0.287 e. The van der Waals surface area contributed by atoms with E-state index in [9.17, 15) is 8.78 Å². The van der Waals surface area contributed by atoms with E-state index in [1.54, 1.807) is 6.07 Å². The molecule has 2 N–H and O–H groups in total. The second kappa shape index (κ2) is 3.60. The Kier molecular flexibility index (Phi) is 2.88. The Labute approximate surface area is 80.5 Å². The Bertz CT molecular complexity index is 299. The number of nitrogens with two attached hydrogens (primary N) is 1. The first-order valence-corrected chi connectivity index (χ1v) is 4.22. The first kappa shape index (κ1) is 10.4. The molecule has 1 aromatic rings. The van der Waals surface area contributed by atoms with E-state index in [2.05, 4.69) is 0 Å². The summed E-state index contributed by atoms with van der Waals surface area (Å²) in [5, 5.41) is 0.290. The van der Waals surface area contributed by atoms with Gasteiger partial charge in [0, 0.05) is 10.6 Å². The summed E-state index contributed by atoms with van der Waals surface area (Å²) in [6.45, 7) is 1.26. The van der Waals surface area contributed by atoms with Crippen LogP contribution in [-0.2, 0) is 5.92 Å². The molecule has 0 aliphatic carbocycles. The van der Waals surface area contributed by atoms with Gasteiger partial charge in [-0.1, -0.05) is 23.7 Å². The lowest BCUT2D eigenvalue weighted by molar-refractivity contribution is -0.0256. The van der Waals surface area contributed by atoms with Crippen LogP contribution >= 0.6 is 11.6 Å². The van der Waals surface area contributed by atoms with E-state index < -0.39 is 12.0 Å². The van der Waals surface area contributed by atoms with Crippen LogP contribution in [0.25, 0.3) is 0 Å². The van der Waals surface area contributed by atoms with Crippen LogP contribution in [0.2, 0.25) is 5.02 Å². The molecule has 0 aliphatic heterocycles. The summed E-state index contributed by atoms with van der Waals surface area (Å²) in [6.07, 6.45) is 0. The molecule has 0 aliphatic rings. The Morgan fingerprint density at radius 2 is 2.08 bits per heavy atom. The highest BCUT2D eigenvalue weighted by Crippen LogP contribution is 2.31. The molecule has 0 aromatic heterocycles. The van der Waals surface area contributed by atoms with Crippen LogP contribution < -0.4 is 5.73 Å². The molecule has 1 nitrogen and oxygen atoms in total. The number of hydrogen-bond donors (Lipinski definition) is 1. The number of hydrogen-bond acceptors (Lipinski definition) is 1. The van der Waals surface area contributed by atoms with Crippen LogP contribution in [0.15, 0.2) is 24.3 Å². The van der Waals surface area contributed by atoms with Gasteiger partial charge in [-0.3, -0.25) is 0 Å². The van der Waals surface area contributed by atoms with Gasteiger partial charge in [0.15, 0.2) is 0 Å². The highest BCUT2D eigenvalue weighted by atomic mass is 35.5. The van der Waals surface area contributed by atoms with Gasteiger partial charge < -0.3 is 5.73 Å². The lowest BCUT2D eigenvalue weighted by Gasteiger charge is -2.20. The SMILES string of the molecule is CC(N)C(F)(F)c1cccc(Cl)c1. The van der Waals surface area contributed by atoms with Gasteiger partial charge in [-0.05, 0) is 19.1 Å². The molecule has 13 heavy (non-hydrogen) atoms. The molecule has 0 saturated heterocycles. The fourth-order valence-corrected chi connectivity index (χ4v) is 1.15. The van der Waals surface area contributed by atoms with Gasteiger partial charge in [-0.25, -0.2) is 0 Å². The summed E-state index contributed by atoms with van der Waals surface area (Å²) in [4.78, 5) is 0. The minimum Gasteiger partial charge on any atom is -0.323 e. The van der Waals surface area contributed by atoms with Crippen LogP contribution in [0.4, 0.5) is 8.78 Å². The normalized spacial score (nSPS) is 14.2. The van der Waals surface area contributed by atoms with E-state index in [4.69, 9.17) is 17.3 Å². The molecule has 0 bridgehead atoms. The van der Waals surface area contributed by atoms with Crippen molar-refractivity contribution in [1.29, 1.82) is 0 Å². The third-order valence-corrected chi connectivity index (χ3v) is 2.02. The maximum atomic E-state index is 13.3. The summed E-state index contributed by atoms with van der Waals surface area (Å²) in [5.41, 5.74) is 5.02. The maximum absolute atomic E-state index is 13.3. The molecule has 0 fully saturated rings. The average Bonchev–Trinajstić information content (AvgIpc) is 2.04. The van der Waals surface area contributed by atoms with Crippen molar-refractivity contribution in [1.82, 2.24) is 0 Å². The minimum absolute atomic E-state index is 0.144. The predicted octanol–water partition coefficient (Wildman–Crippen LogP) is 2.78. The highest BCUT2D eigenvalue weighted by molar-refractivity contribution is 6.30. The summed E-state index contributed by atoms with van der Waals surface area (Å²) >= 11 is 5.58. The van der Waals surface area contributed by atoms with Crippen molar-refractivity contribution < 1.29 is 8.78 Å². The largest absolute Gasteiger partial charge is 0.323 e. The molecule has 0 heterocycles. The van der Waals surface area contributed by atoms with Crippen molar-refractivity contribution in [3.63, 3.8) is 0 Å². The van der Waals surface area contributed by atoms with Gasteiger partial charge in [-0.15, -0.1) is 0 Å². The fourth-order valence-electron chi connectivity index (χ4n) is 0.959. The van der Waals surface area contributed by atoms with E-state index in [-0.39, 0.29) is 10.6 Å². The highest BCUT2D eigenvalue weighted by Gasteiger charge is 2.36. The van der Waals surface area contributed by atoms with Crippen molar-refractivity contribution in [2.24, 2.45) is 5.73 Å². The predicted molar refractivity (Wildman–Crippen MR) is 49.0 cm³/mol. The first-order chi connectivity index (χ1) is 5.94. The molecule has 1 atom stereocenters. The molecule has 0 radical (unpaired) electrons. The Morgan fingerprint density at radius 3 is 2.54 bits per heavy atom.